The minimum Gasteiger partial charge on any atom is -0.349 e. The summed E-state index contributed by atoms with van der Waals surface area (Å²) in [6.07, 6.45) is 4.72. The van der Waals surface area contributed by atoms with Gasteiger partial charge in [0.15, 0.2) is 11.5 Å². The molecular weight excluding hydrogens is 340 g/mol. The molecule has 144 valence electrons. The summed E-state index contributed by atoms with van der Waals surface area (Å²) in [7, 11) is 0. The average Bonchev–Trinajstić information content (AvgIpc) is 3.05. The van der Waals surface area contributed by atoms with E-state index in [-0.39, 0.29) is 11.8 Å². The molecule has 3 rings (SSSR count). The fraction of sp³-hybridized carbons (Fsp3) is 0.476. The second kappa shape index (κ2) is 8.37. The Kier molecular flexibility index (Phi) is 5.94. The van der Waals surface area contributed by atoms with Crippen molar-refractivity contribution >= 4 is 17.5 Å². The van der Waals surface area contributed by atoms with Crippen molar-refractivity contribution in [3.05, 3.63) is 46.5 Å². The predicted molar refractivity (Wildman–Crippen MR) is 106 cm³/mol. The summed E-state index contributed by atoms with van der Waals surface area (Å²) in [5.74, 6) is -0.0978. The highest BCUT2D eigenvalue weighted by Crippen LogP contribution is 2.23. The van der Waals surface area contributed by atoms with Crippen LogP contribution in [-0.4, -0.2) is 27.9 Å². The number of nitrogens with one attached hydrogen (secondary N) is 2. The van der Waals surface area contributed by atoms with Gasteiger partial charge in [0.2, 0.25) is 0 Å². The molecule has 2 heterocycles. The van der Waals surface area contributed by atoms with Crippen LogP contribution in [0, 0.1) is 13.8 Å². The molecule has 0 unspecified atom stereocenters. The van der Waals surface area contributed by atoms with Gasteiger partial charge < -0.3 is 15.2 Å². The number of benzene rings is 1. The van der Waals surface area contributed by atoms with Gasteiger partial charge in [-0.25, -0.2) is 4.98 Å². The summed E-state index contributed by atoms with van der Waals surface area (Å²) in [6.45, 7) is 7.49. The molecule has 1 aliphatic rings. The second-order valence-corrected chi connectivity index (χ2v) is 7.20. The molecule has 1 aromatic heterocycles. The van der Waals surface area contributed by atoms with Gasteiger partial charge in [-0.2, -0.15) is 0 Å². The van der Waals surface area contributed by atoms with E-state index in [4.69, 9.17) is 0 Å². The summed E-state index contributed by atoms with van der Waals surface area (Å²) in [4.78, 5) is 29.8. The summed E-state index contributed by atoms with van der Waals surface area (Å²) < 4.78 is 1.92. The Morgan fingerprint density at radius 3 is 2.70 bits per heavy atom. The number of unbranched alkanes of at least 4 members (excludes halogenated alkanes) is 1. The van der Waals surface area contributed by atoms with E-state index in [0.29, 0.717) is 18.1 Å². The highest BCUT2D eigenvalue weighted by Gasteiger charge is 2.27. The number of imidazole rings is 1. The zero-order valence-electron chi connectivity index (χ0n) is 16.4. The smallest absolute Gasteiger partial charge is 0.287 e. The topological polar surface area (TPSA) is 76.0 Å². The van der Waals surface area contributed by atoms with Crippen LogP contribution in [0.5, 0.6) is 0 Å². The van der Waals surface area contributed by atoms with Crippen LogP contribution in [-0.2, 0) is 13.0 Å². The maximum atomic E-state index is 12.9. The third-order valence-electron chi connectivity index (χ3n) is 5.12. The third-order valence-corrected chi connectivity index (χ3v) is 5.12. The van der Waals surface area contributed by atoms with E-state index in [1.54, 1.807) is 0 Å². The van der Waals surface area contributed by atoms with Gasteiger partial charge in [-0.05, 0) is 62.8 Å². The molecule has 0 radical (unpaired) electrons. The quantitative estimate of drug-likeness (QED) is 0.765. The van der Waals surface area contributed by atoms with E-state index < -0.39 is 0 Å². The lowest BCUT2D eigenvalue weighted by molar-refractivity contribution is 0.0937. The zero-order valence-corrected chi connectivity index (χ0v) is 16.4. The fourth-order valence-electron chi connectivity index (χ4n) is 3.37. The largest absolute Gasteiger partial charge is 0.349 e. The van der Waals surface area contributed by atoms with Crippen molar-refractivity contribution < 1.29 is 9.59 Å². The molecule has 2 amide bonds. The number of nitrogens with zero attached hydrogens (tertiary/aromatic N) is 2. The minimum atomic E-state index is -0.253. The van der Waals surface area contributed by atoms with Crippen LogP contribution >= 0.6 is 0 Å². The van der Waals surface area contributed by atoms with Crippen LogP contribution in [0.2, 0.25) is 0 Å². The van der Waals surface area contributed by atoms with Gasteiger partial charge >= 0.3 is 0 Å². The Bertz CT molecular complexity index is 854. The standard InChI is InChI=1S/C21H28N4O2/c1-4-5-11-22-21(27)19-24-18(17-8-6-7-12-25(17)19)20(26)23-16-10-9-14(2)15(3)13-16/h9-10,13H,4-8,11-12H2,1-3H3,(H,22,27)(H,23,26). The first-order chi connectivity index (χ1) is 13.0. The Hall–Kier alpha value is -2.63. The summed E-state index contributed by atoms with van der Waals surface area (Å²) in [5, 5.41) is 5.85. The number of anilines is 1. The van der Waals surface area contributed by atoms with Crippen LogP contribution in [0.1, 0.15) is 70.5 Å². The van der Waals surface area contributed by atoms with E-state index in [0.717, 1.165) is 55.6 Å². The van der Waals surface area contributed by atoms with E-state index in [2.05, 4.69) is 22.5 Å². The molecule has 27 heavy (non-hydrogen) atoms. The maximum absolute atomic E-state index is 12.9. The molecule has 6 heteroatoms. The Morgan fingerprint density at radius 2 is 1.96 bits per heavy atom. The number of hydrogen-bond acceptors (Lipinski definition) is 3. The van der Waals surface area contributed by atoms with Gasteiger partial charge in [0.1, 0.15) is 0 Å². The SMILES string of the molecule is CCCCNC(=O)c1nc(C(=O)Nc2ccc(C)c(C)c2)c2n1CCCC2. The van der Waals surface area contributed by atoms with Crippen molar-refractivity contribution in [3.8, 4) is 0 Å². The van der Waals surface area contributed by atoms with Crippen molar-refractivity contribution in [2.75, 3.05) is 11.9 Å². The molecule has 0 atom stereocenters. The van der Waals surface area contributed by atoms with Gasteiger partial charge in [-0.1, -0.05) is 19.4 Å². The minimum absolute atomic E-state index is 0.197. The fourth-order valence-corrected chi connectivity index (χ4v) is 3.37. The summed E-state index contributed by atoms with van der Waals surface area (Å²) >= 11 is 0. The van der Waals surface area contributed by atoms with Crippen molar-refractivity contribution in [1.29, 1.82) is 0 Å². The van der Waals surface area contributed by atoms with Crippen molar-refractivity contribution in [2.45, 2.75) is 59.4 Å². The maximum Gasteiger partial charge on any atom is 0.287 e. The van der Waals surface area contributed by atoms with E-state index in [1.165, 1.54) is 5.56 Å². The summed E-state index contributed by atoms with van der Waals surface area (Å²) in [6, 6.07) is 5.83. The van der Waals surface area contributed by atoms with Crippen molar-refractivity contribution in [2.24, 2.45) is 0 Å². The second-order valence-electron chi connectivity index (χ2n) is 7.20. The van der Waals surface area contributed by atoms with Crippen LogP contribution < -0.4 is 10.6 Å². The van der Waals surface area contributed by atoms with Crippen LogP contribution in [0.25, 0.3) is 0 Å². The van der Waals surface area contributed by atoms with Crippen LogP contribution in [0.15, 0.2) is 18.2 Å². The lowest BCUT2D eigenvalue weighted by Crippen LogP contribution is -2.28. The monoisotopic (exact) mass is 368 g/mol. The van der Waals surface area contributed by atoms with Crippen molar-refractivity contribution in [1.82, 2.24) is 14.9 Å². The molecule has 6 nitrogen and oxygen atoms in total. The van der Waals surface area contributed by atoms with Gasteiger partial charge in [-0.3, -0.25) is 9.59 Å². The third kappa shape index (κ3) is 4.21. The number of fused-ring (bicyclic) bond motifs is 1. The Labute approximate surface area is 160 Å². The predicted octanol–water partition coefficient (Wildman–Crippen LogP) is 3.62. The lowest BCUT2D eigenvalue weighted by atomic mass is 10.1. The molecule has 0 saturated heterocycles. The first-order valence-electron chi connectivity index (χ1n) is 9.77. The molecule has 2 N–H and O–H groups in total. The number of rotatable bonds is 6. The van der Waals surface area contributed by atoms with Crippen LogP contribution in [0.4, 0.5) is 5.69 Å². The van der Waals surface area contributed by atoms with Gasteiger partial charge in [0.25, 0.3) is 11.8 Å². The molecule has 0 spiro atoms. The molecule has 2 aromatic rings. The van der Waals surface area contributed by atoms with Crippen LogP contribution in [0.3, 0.4) is 0 Å². The average molecular weight is 368 g/mol. The van der Waals surface area contributed by atoms with E-state index in [9.17, 15) is 9.59 Å². The number of carbonyl (C=O) groups is 2. The zero-order chi connectivity index (χ0) is 19.4. The lowest BCUT2D eigenvalue weighted by Gasteiger charge is -2.17. The Balaban J connectivity index is 1.85. The highest BCUT2D eigenvalue weighted by atomic mass is 16.2. The number of aryl methyl sites for hydroxylation is 2. The highest BCUT2D eigenvalue weighted by molar-refractivity contribution is 6.05. The first kappa shape index (κ1) is 19.1. The first-order valence-corrected chi connectivity index (χ1v) is 9.77. The molecule has 0 saturated carbocycles. The van der Waals surface area contributed by atoms with Crippen molar-refractivity contribution in [3.63, 3.8) is 0 Å². The van der Waals surface area contributed by atoms with E-state index >= 15 is 0 Å². The van der Waals surface area contributed by atoms with Gasteiger partial charge in [0.05, 0.1) is 5.69 Å². The number of amides is 2. The molecule has 0 bridgehead atoms. The van der Waals surface area contributed by atoms with Gasteiger partial charge in [0, 0.05) is 18.8 Å². The number of carbonyl (C=O) groups excluding carboxylic acids is 2. The summed E-state index contributed by atoms with van der Waals surface area (Å²) in [5.41, 5.74) is 4.28. The molecule has 0 aliphatic carbocycles. The van der Waals surface area contributed by atoms with Gasteiger partial charge in [-0.15, -0.1) is 0 Å². The normalized spacial score (nSPS) is 13.1. The molecule has 1 aliphatic heterocycles. The molecule has 0 fully saturated rings. The van der Waals surface area contributed by atoms with E-state index in [1.807, 2.05) is 36.6 Å². The molecule has 1 aromatic carbocycles. The molecular formula is C21H28N4O2. The Morgan fingerprint density at radius 1 is 1.15 bits per heavy atom. The number of hydrogen-bond donors (Lipinski definition) is 2. The number of aromatic nitrogens is 2.